The van der Waals surface area contributed by atoms with Gasteiger partial charge >= 0.3 is 35.3 Å². The summed E-state index contributed by atoms with van der Waals surface area (Å²) in [6.45, 7) is 4.63. The van der Waals surface area contributed by atoms with E-state index in [1.54, 1.807) is 24.3 Å². The number of pyridine rings is 1. The van der Waals surface area contributed by atoms with Gasteiger partial charge in [0.05, 0.1) is 11.4 Å². The zero-order chi connectivity index (χ0) is 21.1. The van der Waals surface area contributed by atoms with Crippen LogP contribution >= 0.6 is 0 Å². The molecular formula is C23H20N3NaO4. The first-order chi connectivity index (χ1) is 14.5. The molecule has 2 heterocycles. The molecule has 0 aliphatic rings. The van der Waals surface area contributed by atoms with E-state index in [4.69, 9.17) is 14.2 Å². The molecule has 0 aliphatic heterocycles. The van der Waals surface area contributed by atoms with Crippen LogP contribution in [0.1, 0.15) is 22.4 Å². The average Bonchev–Trinajstić information content (AvgIpc) is 3.04. The Bertz CT molecular complexity index is 1270. The number of hydrogen-bond donors (Lipinski definition) is 0. The molecule has 0 unspecified atom stereocenters. The molecule has 0 N–H and O–H groups in total. The predicted octanol–water partition coefficient (Wildman–Crippen LogP) is 0.0688. The number of ether oxygens (including phenoxy) is 1. The number of nitrogens with zero attached hydrogens (tertiary/aromatic N) is 3. The number of aromatic nitrogens is 3. The molecule has 7 nitrogen and oxygen atoms in total. The Morgan fingerprint density at radius 3 is 2.29 bits per heavy atom. The summed E-state index contributed by atoms with van der Waals surface area (Å²) >= 11 is 0. The third kappa shape index (κ3) is 5.44. The van der Waals surface area contributed by atoms with E-state index in [0.29, 0.717) is 12.4 Å². The molecule has 8 heteroatoms. The van der Waals surface area contributed by atoms with Crippen molar-refractivity contribution in [1.29, 1.82) is 0 Å². The Kier molecular flexibility index (Phi) is 7.33. The van der Waals surface area contributed by atoms with Crippen molar-refractivity contribution in [3.63, 3.8) is 0 Å². The van der Waals surface area contributed by atoms with Crippen LogP contribution < -0.4 is 50.7 Å². The average molecular weight is 425 g/mol. The third-order valence-corrected chi connectivity index (χ3v) is 4.77. The molecular weight excluding hydrogens is 405 g/mol. The van der Waals surface area contributed by atoms with Crippen LogP contribution in [0.5, 0.6) is 5.75 Å². The van der Waals surface area contributed by atoms with Crippen LogP contribution in [0.4, 0.5) is 0 Å². The van der Waals surface area contributed by atoms with Crippen molar-refractivity contribution in [1.82, 2.24) is 14.7 Å². The summed E-state index contributed by atoms with van der Waals surface area (Å²) < 4.78 is 11.5. The van der Waals surface area contributed by atoms with E-state index in [9.17, 15) is 9.59 Å². The third-order valence-electron chi connectivity index (χ3n) is 4.77. The molecule has 0 radical (unpaired) electrons. The van der Waals surface area contributed by atoms with Crippen molar-refractivity contribution in [2.75, 3.05) is 0 Å². The molecule has 0 spiro atoms. The van der Waals surface area contributed by atoms with E-state index in [-0.39, 0.29) is 36.1 Å². The maximum atomic E-state index is 11.5. The molecule has 2 aromatic heterocycles. The monoisotopic (exact) mass is 425 g/mol. The van der Waals surface area contributed by atoms with Gasteiger partial charge in [-0.15, -0.1) is 0 Å². The maximum absolute atomic E-state index is 11.5. The SMILES string of the molecule is Cc1cccc(C)c1-c1cccc(COc2ccc(Cn3oc(=O)[n-]c3=O)cc2)n1.[Na+]. The van der Waals surface area contributed by atoms with Crippen LogP contribution in [0.15, 0.2) is 74.8 Å². The number of hydrogen-bond acceptors (Lipinski definition) is 5. The zero-order valence-electron chi connectivity index (χ0n) is 17.7. The molecule has 0 saturated carbocycles. The van der Waals surface area contributed by atoms with Gasteiger partial charge in [0.25, 0.3) is 0 Å². The van der Waals surface area contributed by atoms with Crippen LogP contribution in [0.3, 0.4) is 0 Å². The molecule has 0 fully saturated rings. The standard InChI is InChI=1S/C23H21N3O4.Na/c1-15-5-3-6-16(2)21(15)20-8-4-7-18(24-20)14-29-19-11-9-17(10-12-19)13-26-22(27)25-23(28)30-26;/h3-12H,13-14H2,1-2H3,(H,25,27,28);/q;+1/p-1. The van der Waals surface area contributed by atoms with Crippen molar-refractivity contribution in [3.8, 4) is 17.0 Å². The van der Waals surface area contributed by atoms with E-state index < -0.39 is 11.4 Å². The van der Waals surface area contributed by atoms with Gasteiger partial charge in [0, 0.05) is 12.1 Å². The first-order valence-electron chi connectivity index (χ1n) is 9.49. The second-order valence-electron chi connectivity index (χ2n) is 7.00. The van der Waals surface area contributed by atoms with Crippen LogP contribution in [-0.4, -0.2) is 9.72 Å². The van der Waals surface area contributed by atoms with Gasteiger partial charge in [-0.05, 0) is 54.8 Å². The molecule has 2 aromatic carbocycles. The normalized spacial score (nSPS) is 10.5. The molecule has 4 rings (SSSR count). The second kappa shape index (κ2) is 9.96. The fraction of sp³-hybridized carbons (Fsp3) is 0.174. The number of rotatable bonds is 6. The molecule has 31 heavy (non-hydrogen) atoms. The molecule has 0 saturated heterocycles. The van der Waals surface area contributed by atoms with Gasteiger partial charge in [0.15, 0.2) is 5.69 Å². The predicted molar refractivity (Wildman–Crippen MR) is 112 cm³/mol. The Morgan fingerprint density at radius 2 is 1.65 bits per heavy atom. The Labute approximate surface area is 201 Å². The Hall–Kier alpha value is -2.87. The van der Waals surface area contributed by atoms with Crippen LogP contribution in [0, 0.1) is 13.8 Å². The molecule has 4 aromatic rings. The molecule has 0 aliphatic carbocycles. The van der Waals surface area contributed by atoms with Crippen LogP contribution in [0.2, 0.25) is 0 Å². The fourth-order valence-corrected chi connectivity index (χ4v) is 3.32. The second-order valence-corrected chi connectivity index (χ2v) is 7.00. The smallest absolute Gasteiger partial charge is 0.487 e. The molecule has 0 atom stereocenters. The number of aryl methyl sites for hydroxylation is 2. The van der Waals surface area contributed by atoms with Gasteiger partial charge < -0.3 is 14.2 Å². The van der Waals surface area contributed by atoms with Crippen molar-refractivity contribution in [2.45, 2.75) is 27.0 Å². The summed E-state index contributed by atoms with van der Waals surface area (Å²) in [4.78, 5) is 30.4. The summed E-state index contributed by atoms with van der Waals surface area (Å²) in [6.07, 6.45) is 0. The Morgan fingerprint density at radius 1 is 0.968 bits per heavy atom. The Balaban J connectivity index is 0.00000272. The van der Waals surface area contributed by atoms with E-state index in [0.717, 1.165) is 27.3 Å². The summed E-state index contributed by atoms with van der Waals surface area (Å²) in [5, 5.41) is 0. The van der Waals surface area contributed by atoms with Crippen molar-refractivity contribution >= 4 is 0 Å². The number of benzene rings is 2. The van der Waals surface area contributed by atoms with Crippen molar-refractivity contribution in [3.05, 3.63) is 104 Å². The van der Waals surface area contributed by atoms with Crippen LogP contribution in [-0.2, 0) is 13.2 Å². The minimum absolute atomic E-state index is 0. The van der Waals surface area contributed by atoms with E-state index in [2.05, 4.69) is 31.0 Å². The largest absolute Gasteiger partial charge is 1.00 e. The summed E-state index contributed by atoms with van der Waals surface area (Å²) in [7, 11) is 0. The minimum Gasteiger partial charge on any atom is -0.487 e. The minimum atomic E-state index is -0.893. The summed E-state index contributed by atoms with van der Waals surface area (Å²) in [6, 6.07) is 19.3. The summed E-state index contributed by atoms with van der Waals surface area (Å²) in [5.74, 6) is -0.219. The molecule has 0 bridgehead atoms. The molecule has 0 amide bonds. The van der Waals surface area contributed by atoms with E-state index >= 15 is 0 Å². The fourth-order valence-electron chi connectivity index (χ4n) is 3.32. The van der Waals surface area contributed by atoms with Crippen molar-refractivity contribution in [2.24, 2.45) is 0 Å². The van der Waals surface area contributed by atoms with Crippen LogP contribution in [0.25, 0.3) is 11.3 Å². The quantitative estimate of drug-likeness (QED) is 0.406. The van der Waals surface area contributed by atoms with Gasteiger partial charge in [-0.3, -0.25) is 9.53 Å². The molecule has 152 valence electrons. The van der Waals surface area contributed by atoms with Gasteiger partial charge in [-0.1, -0.05) is 36.4 Å². The van der Waals surface area contributed by atoms with E-state index in [1.165, 1.54) is 11.1 Å². The maximum Gasteiger partial charge on any atom is 1.00 e. The van der Waals surface area contributed by atoms with Crippen molar-refractivity contribution < 1.29 is 38.8 Å². The van der Waals surface area contributed by atoms with Gasteiger partial charge in [-0.2, -0.15) is 0 Å². The topological polar surface area (TPSA) is 88.4 Å². The van der Waals surface area contributed by atoms with Gasteiger partial charge in [-0.25, -0.2) is 9.78 Å². The zero-order valence-corrected chi connectivity index (χ0v) is 19.7. The van der Waals surface area contributed by atoms with Gasteiger partial charge in [0.2, 0.25) is 0 Å². The van der Waals surface area contributed by atoms with Gasteiger partial charge in [0.1, 0.15) is 12.4 Å². The summed E-state index contributed by atoms with van der Waals surface area (Å²) in [5.41, 5.74) is 5.36. The first-order valence-corrected chi connectivity index (χ1v) is 9.49. The van der Waals surface area contributed by atoms with E-state index in [1.807, 2.05) is 24.3 Å². The first kappa shape index (κ1) is 22.8.